The SMILES string of the molecule is CC(=O)Nc1ccc(F)c(Nc2ncccc2[N+](=O)[O-])c1. The maximum absolute atomic E-state index is 13.8. The molecule has 1 amide bonds. The second-order valence-electron chi connectivity index (χ2n) is 4.13. The third-order valence-electron chi connectivity index (χ3n) is 2.52. The highest BCUT2D eigenvalue weighted by Crippen LogP contribution is 2.27. The summed E-state index contributed by atoms with van der Waals surface area (Å²) in [5.41, 5.74) is 0.0647. The lowest BCUT2D eigenvalue weighted by Crippen LogP contribution is -2.07. The maximum Gasteiger partial charge on any atom is 0.311 e. The van der Waals surface area contributed by atoms with E-state index in [0.29, 0.717) is 5.69 Å². The Bertz CT molecular complexity index is 706. The molecule has 0 unspecified atom stereocenters. The van der Waals surface area contributed by atoms with E-state index < -0.39 is 10.7 Å². The van der Waals surface area contributed by atoms with Gasteiger partial charge in [0, 0.05) is 24.9 Å². The summed E-state index contributed by atoms with van der Waals surface area (Å²) in [6, 6.07) is 6.52. The van der Waals surface area contributed by atoms with Crippen LogP contribution in [0.2, 0.25) is 0 Å². The molecule has 0 saturated heterocycles. The fourth-order valence-corrected chi connectivity index (χ4v) is 1.67. The van der Waals surface area contributed by atoms with Gasteiger partial charge in [-0.3, -0.25) is 14.9 Å². The van der Waals surface area contributed by atoms with Gasteiger partial charge >= 0.3 is 5.69 Å². The van der Waals surface area contributed by atoms with Crippen LogP contribution in [0.15, 0.2) is 36.5 Å². The van der Waals surface area contributed by atoms with Gasteiger partial charge < -0.3 is 10.6 Å². The number of nitro groups is 1. The van der Waals surface area contributed by atoms with E-state index in [1.807, 2.05) is 0 Å². The second-order valence-corrected chi connectivity index (χ2v) is 4.13. The van der Waals surface area contributed by atoms with Gasteiger partial charge in [-0.2, -0.15) is 0 Å². The molecule has 21 heavy (non-hydrogen) atoms. The van der Waals surface area contributed by atoms with Gasteiger partial charge in [-0.05, 0) is 24.3 Å². The molecule has 0 aliphatic heterocycles. The van der Waals surface area contributed by atoms with Crippen molar-refractivity contribution in [3.8, 4) is 0 Å². The van der Waals surface area contributed by atoms with Crippen molar-refractivity contribution in [3.63, 3.8) is 0 Å². The Morgan fingerprint density at radius 3 is 2.81 bits per heavy atom. The minimum absolute atomic E-state index is 0.0250. The number of pyridine rings is 1. The van der Waals surface area contributed by atoms with Crippen LogP contribution in [0, 0.1) is 15.9 Å². The summed E-state index contributed by atoms with van der Waals surface area (Å²) in [5, 5.41) is 15.9. The molecule has 0 saturated carbocycles. The molecule has 0 atom stereocenters. The molecule has 7 nitrogen and oxygen atoms in total. The molecule has 2 aromatic rings. The number of rotatable bonds is 4. The number of anilines is 3. The molecule has 0 spiro atoms. The lowest BCUT2D eigenvalue weighted by Gasteiger charge is -2.09. The van der Waals surface area contributed by atoms with Crippen molar-refractivity contribution >= 4 is 28.8 Å². The lowest BCUT2D eigenvalue weighted by atomic mass is 10.2. The van der Waals surface area contributed by atoms with E-state index in [9.17, 15) is 19.3 Å². The van der Waals surface area contributed by atoms with Gasteiger partial charge in [-0.25, -0.2) is 9.37 Å². The minimum Gasteiger partial charge on any atom is -0.332 e. The second kappa shape index (κ2) is 5.95. The van der Waals surface area contributed by atoms with Gasteiger partial charge in [-0.15, -0.1) is 0 Å². The van der Waals surface area contributed by atoms with Crippen LogP contribution < -0.4 is 10.6 Å². The number of nitrogens with one attached hydrogen (secondary N) is 2. The molecule has 0 aliphatic carbocycles. The number of carbonyl (C=O) groups is 1. The largest absolute Gasteiger partial charge is 0.332 e. The number of hydrogen-bond donors (Lipinski definition) is 2. The Morgan fingerprint density at radius 1 is 1.38 bits per heavy atom. The molecule has 2 N–H and O–H groups in total. The van der Waals surface area contributed by atoms with Crippen LogP contribution in [-0.2, 0) is 4.79 Å². The molecule has 1 aromatic carbocycles. The zero-order valence-electron chi connectivity index (χ0n) is 11.0. The third-order valence-corrected chi connectivity index (χ3v) is 2.52. The van der Waals surface area contributed by atoms with Crippen molar-refractivity contribution in [2.75, 3.05) is 10.6 Å². The van der Waals surface area contributed by atoms with Crippen LogP contribution in [0.5, 0.6) is 0 Å². The Labute approximate surface area is 119 Å². The number of benzene rings is 1. The van der Waals surface area contributed by atoms with Gasteiger partial charge in [0.15, 0.2) is 0 Å². The summed E-state index contributed by atoms with van der Waals surface area (Å²) in [4.78, 5) is 25.1. The Morgan fingerprint density at radius 2 is 2.14 bits per heavy atom. The van der Waals surface area contributed by atoms with Gasteiger partial charge in [0.1, 0.15) is 5.82 Å². The zero-order chi connectivity index (χ0) is 15.4. The monoisotopic (exact) mass is 290 g/mol. The molecule has 8 heteroatoms. The third kappa shape index (κ3) is 3.50. The summed E-state index contributed by atoms with van der Waals surface area (Å²) in [6.07, 6.45) is 1.35. The molecule has 0 bridgehead atoms. The maximum atomic E-state index is 13.8. The summed E-state index contributed by atoms with van der Waals surface area (Å²) < 4.78 is 13.8. The molecule has 0 fully saturated rings. The molecule has 1 aromatic heterocycles. The molecular weight excluding hydrogens is 279 g/mol. The topological polar surface area (TPSA) is 97.2 Å². The van der Waals surface area contributed by atoms with Crippen LogP contribution in [0.4, 0.5) is 27.3 Å². The van der Waals surface area contributed by atoms with Crippen molar-refractivity contribution in [1.82, 2.24) is 4.98 Å². The first kappa shape index (κ1) is 14.4. The first-order chi connectivity index (χ1) is 9.97. The molecule has 2 rings (SSSR count). The van der Waals surface area contributed by atoms with Crippen LogP contribution in [0.3, 0.4) is 0 Å². The van der Waals surface area contributed by atoms with Crippen molar-refractivity contribution in [2.24, 2.45) is 0 Å². The fourth-order valence-electron chi connectivity index (χ4n) is 1.67. The number of nitrogens with zero attached hydrogens (tertiary/aromatic N) is 2. The number of halogens is 1. The van der Waals surface area contributed by atoms with Crippen LogP contribution >= 0.6 is 0 Å². The Balaban J connectivity index is 2.35. The lowest BCUT2D eigenvalue weighted by molar-refractivity contribution is -0.384. The standard InChI is InChI=1S/C13H11FN4O3/c1-8(19)16-9-4-5-10(14)11(7-9)17-13-12(18(20)21)3-2-6-15-13/h2-7H,1H3,(H,15,17)(H,16,19). The Kier molecular flexibility index (Phi) is 4.07. The van der Waals surface area contributed by atoms with E-state index in [1.54, 1.807) is 0 Å². The van der Waals surface area contributed by atoms with Crippen molar-refractivity contribution in [3.05, 3.63) is 52.5 Å². The highest BCUT2D eigenvalue weighted by Gasteiger charge is 2.16. The summed E-state index contributed by atoms with van der Waals surface area (Å²) in [5.74, 6) is -1.01. The predicted molar refractivity (Wildman–Crippen MR) is 74.9 cm³/mol. The molecule has 1 heterocycles. The van der Waals surface area contributed by atoms with E-state index in [-0.39, 0.29) is 23.1 Å². The quantitative estimate of drug-likeness (QED) is 0.666. The molecular formula is C13H11FN4O3. The van der Waals surface area contributed by atoms with E-state index in [2.05, 4.69) is 15.6 Å². The molecule has 108 valence electrons. The predicted octanol–water partition coefficient (Wildman–Crippen LogP) is 2.83. The minimum atomic E-state index is -0.621. The van der Waals surface area contributed by atoms with Crippen LogP contribution in [0.1, 0.15) is 6.92 Å². The fraction of sp³-hybridized carbons (Fsp3) is 0.0769. The molecule has 0 aliphatic rings. The smallest absolute Gasteiger partial charge is 0.311 e. The highest BCUT2D eigenvalue weighted by atomic mass is 19.1. The van der Waals surface area contributed by atoms with Crippen molar-refractivity contribution in [1.29, 1.82) is 0 Å². The highest BCUT2D eigenvalue weighted by molar-refractivity contribution is 5.89. The molecule has 0 radical (unpaired) electrons. The van der Waals surface area contributed by atoms with E-state index in [1.165, 1.54) is 37.4 Å². The normalized spacial score (nSPS) is 10.0. The van der Waals surface area contributed by atoms with Gasteiger partial charge in [-0.1, -0.05) is 0 Å². The van der Waals surface area contributed by atoms with Gasteiger partial charge in [0.25, 0.3) is 0 Å². The van der Waals surface area contributed by atoms with Crippen LogP contribution in [-0.4, -0.2) is 15.8 Å². The first-order valence-electron chi connectivity index (χ1n) is 5.91. The van der Waals surface area contributed by atoms with Crippen molar-refractivity contribution in [2.45, 2.75) is 6.92 Å². The average molecular weight is 290 g/mol. The van der Waals surface area contributed by atoms with Crippen LogP contribution in [0.25, 0.3) is 0 Å². The summed E-state index contributed by atoms with van der Waals surface area (Å²) in [6.45, 7) is 1.32. The summed E-state index contributed by atoms with van der Waals surface area (Å²) in [7, 11) is 0. The Hall–Kier alpha value is -3.03. The van der Waals surface area contributed by atoms with E-state index in [0.717, 1.165) is 6.07 Å². The van der Waals surface area contributed by atoms with E-state index in [4.69, 9.17) is 0 Å². The number of carbonyl (C=O) groups excluding carboxylic acids is 1. The first-order valence-corrected chi connectivity index (χ1v) is 5.91. The number of aromatic nitrogens is 1. The average Bonchev–Trinajstić information content (AvgIpc) is 2.42. The van der Waals surface area contributed by atoms with E-state index >= 15 is 0 Å². The van der Waals surface area contributed by atoms with Gasteiger partial charge in [0.05, 0.1) is 10.6 Å². The number of amides is 1. The summed E-state index contributed by atoms with van der Waals surface area (Å²) >= 11 is 0. The number of hydrogen-bond acceptors (Lipinski definition) is 5. The van der Waals surface area contributed by atoms with Crippen molar-refractivity contribution < 1.29 is 14.1 Å². The van der Waals surface area contributed by atoms with Gasteiger partial charge in [0.2, 0.25) is 11.7 Å². The zero-order valence-corrected chi connectivity index (χ0v) is 11.0.